The van der Waals surface area contributed by atoms with Gasteiger partial charge in [0.25, 0.3) is 0 Å². The number of hydrogen-bond acceptors (Lipinski definition) is 2. The lowest BCUT2D eigenvalue weighted by Gasteiger charge is -2.07. The zero-order valence-electron chi connectivity index (χ0n) is 10.1. The summed E-state index contributed by atoms with van der Waals surface area (Å²) in [6.07, 6.45) is 5.81. The number of amides is 1. The smallest absolute Gasteiger partial charge is 0.249 e. The molecular formula is C14H13N3O. The monoisotopic (exact) mass is 239 g/mol. The number of aliphatic imine (C=N–C) groups is 1. The van der Waals surface area contributed by atoms with E-state index >= 15 is 0 Å². The number of likely N-dealkylation sites (N-methyl/N-ethyl adjacent to an activating group) is 1. The predicted molar refractivity (Wildman–Crippen MR) is 72.4 cm³/mol. The van der Waals surface area contributed by atoms with E-state index in [-0.39, 0.29) is 12.5 Å². The Morgan fingerprint density at radius 1 is 1.33 bits per heavy atom. The number of aromatic amines is 1. The highest BCUT2D eigenvalue weighted by molar-refractivity contribution is 6.11. The van der Waals surface area contributed by atoms with Gasteiger partial charge in [0, 0.05) is 24.1 Å². The van der Waals surface area contributed by atoms with Gasteiger partial charge in [0.2, 0.25) is 5.91 Å². The van der Waals surface area contributed by atoms with Crippen LogP contribution in [0.1, 0.15) is 5.56 Å². The summed E-state index contributed by atoms with van der Waals surface area (Å²) >= 11 is 0. The lowest BCUT2D eigenvalue weighted by atomic mass is 10.1. The molecule has 1 amide bonds. The first kappa shape index (κ1) is 10.8. The predicted octanol–water partition coefficient (Wildman–Crippen LogP) is 2.05. The molecule has 0 aliphatic carbocycles. The highest BCUT2D eigenvalue weighted by Crippen LogP contribution is 2.19. The van der Waals surface area contributed by atoms with E-state index in [4.69, 9.17) is 0 Å². The summed E-state index contributed by atoms with van der Waals surface area (Å²) in [5, 5.41) is 1.17. The molecule has 0 spiro atoms. The van der Waals surface area contributed by atoms with Crippen molar-refractivity contribution < 1.29 is 4.79 Å². The van der Waals surface area contributed by atoms with E-state index in [1.807, 2.05) is 36.5 Å². The zero-order chi connectivity index (χ0) is 12.5. The highest BCUT2D eigenvalue weighted by atomic mass is 16.2. The van der Waals surface area contributed by atoms with E-state index in [1.54, 1.807) is 11.9 Å². The summed E-state index contributed by atoms with van der Waals surface area (Å²) in [5.74, 6) is 0.749. The molecular weight excluding hydrogens is 226 g/mol. The molecule has 4 heteroatoms. The molecule has 1 aliphatic rings. The van der Waals surface area contributed by atoms with Gasteiger partial charge >= 0.3 is 0 Å². The zero-order valence-corrected chi connectivity index (χ0v) is 10.1. The van der Waals surface area contributed by atoms with Crippen LogP contribution in [0.4, 0.5) is 0 Å². The Bertz CT molecular complexity index is 666. The van der Waals surface area contributed by atoms with Crippen LogP contribution in [0.25, 0.3) is 17.0 Å². The summed E-state index contributed by atoms with van der Waals surface area (Å²) in [4.78, 5) is 20.3. The number of hydrogen-bond donors (Lipinski definition) is 1. The molecule has 1 aromatic carbocycles. The third kappa shape index (κ3) is 1.72. The van der Waals surface area contributed by atoms with Gasteiger partial charge in [-0.15, -0.1) is 0 Å². The minimum absolute atomic E-state index is 0.0357. The fourth-order valence-corrected chi connectivity index (χ4v) is 2.05. The normalized spacial score (nSPS) is 15.9. The molecule has 3 rings (SSSR count). The van der Waals surface area contributed by atoms with E-state index in [0.29, 0.717) is 5.84 Å². The first-order valence-electron chi connectivity index (χ1n) is 5.81. The van der Waals surface area contributed by atoms with E-state index in [2.05, 4.69) is 16.0 Å². The minimum atomic E-state index is 0.0357. The van der Waals surface area contributed by atoms with Crippen molar-refractivity contribution in [1.82, 2.24) is 9.88 Å². The third-order valence-corrected chi connectivity index (χ3v) is 3.13. The number of H-pyrrole nitrogens is 1. The molecule has 1 aliphatic heterocycles. The number of para-hydroxylation sites is 1. The van der Waals surface area contributed by atoms with Crippen LogP contribution in [0, 0.1) is 0 Å². The van der Waals surface area contributed by atoms with Crippen LogP contribution in [0.15, 0.2) is 41.5 Å². The number of aromatic nitrogens is 1. The Balaban J connectivity index is 1.91. The minimum Gasteiger partial charge on any atom is -0.361 e. The van der Waals surface area contributed by atoms with Gasteiger partial charge in [-0.3, -0.25) is 14.7 Å². The largest absolute Gasteiger partial charge is 0.361 e. The molecule has 0 saturated carbocycles. The molecule has 2 aromatic rings. The SMILES string of the molecule is CN1C(=O)CN=C1C=Cc1c[nH]c2ccccc12. The Labute approximate surface area is 105 Å². The van der Waals surface area contributed by atoms with Gasteiger partial charge in [-0.05, 0) is 23.8 Å². The van der Waals surface area contributed by atoms with Crippen molar-refractivity contribution in [3.8, 4) is 0 Å². The van der Waals surface area contributed by atoms with Crippen LogP contribution in [-0.4, -0.2) is 35.2 Å². The number of carbonyl (C=O) groups is 1. The van der Waals surface area contributed by atoms with E-state index < -0.39 is 0 Å². The molecule has 90 valence electrons. The van der Waals surface area contributed by atoms with E-state index in [0.717, 1.165) is 11.1 Å². The van der Waals surface area contributed by atoms with Gasteiger partial charge in [-0.1, -0.05) is 18.2 Å². The average molecular weight is 239 g/mol. The summed E-state index contributed by atoms with van der Waals surface area (Å²) in [6.45, 7) is 0.254. The summed E-state index contributed by atoms with van der Waals surface area (Å²) in [7, 11) is 1.74. The molecule has 18 heavy (non-hydrogen) atoms. The maximum atomic E-state index is 11.3. The molecule has 1 N–H and O–H groups in total. The van der Waals surface area contributed by atoms with Crippen molar-refractivity contribution in [2.24, 2.45) is 4.99 Å². The van der Waals surface area contributed by atoms with Crippen LogP contribution < -0.4 is 0 Å². The third-order valence-electron chi connectivity index (χ3n) is 3.13. The second-order valence-corrected chi connectivity index (χ2v) is 4.25. The van der Waals surface area contributed by atoms with Gasteiger partial charge in [-0.25, -0.2) is 0 Å². The second kappa shape index (κ2) is 4.14. The Hall–Kier alpha value is -2.36. The Morgan fingerprint density at radius 2 is 2.17 bits per heavy atom. The van der Waals surface area contributed by atoms with Crippen LogP contribution in [0.2, 0.25) is 0 Å². The number of amidine groups is 1. The number of nitrogens with zero attached hydrogens (tertiary/aromatic N) is 2. The average Bonchev–Trinajstić information content (AvgIpc) is 2.94. The molecule has 0 radical (unpaired) electrons. The fourth-order valence-electron chi connectivity index (χ4n) is 2.05. The van der Waals surface area contributed by atoms with E-state index in [1.165, 1.54) is 5.39 Å². The summed E-state index contributed by atoms with van der Waals surface area (Å²) in [5.41, 5.74) is 2.20. The Morgan fingerprint density at radius 3 is 2.94 bits per heavy atom. The number of rotatable bonds is 2. The first-order chi connectivity index (χ1) is 8.75. The number of benzene rings is 1. The summed E-state index contributed by atoms with van der Waals surface area (Å²) in [6, 6.07) is 8.11. The maximum absolute atomic E-state index is 11.3. The lowest BCUT2D eigenvalue weighted by molar-refractivity contribution is -0.123. The van der Waals surface area contributed by atoms with Crippen molar-refractivity contribution in [1.29, 1.82) is 0 Å². The molecule has 0 unspecified atom stereocenters. The number of fused-ring (bicyclic) bond motifs is 1. The van der Waals surface area contributed by atoms with Crippen molar-refractivity contribution >= 4 is 28.7 Å². The Kier molecular flexibility index (Phi) is 2.48. The molecule has 0 fully saturated rings. The van der Waals surface area contributed by atoms with Gasteiger partial charge in [0.05, 0.1) is 0 Å². The van der Waals surface area contributed by atoms with Crippen LogP contribution in [0.3, 0.4) is 0 Å². The van der Waals surface area contributed by atoms with Crippen molar-refractivity contribution in [2.45, 2.75) is 0 Å². The van der Waals surface area contributed by atoms with Crippen LogP contribution in [-0.2, 0) is 4.79 Å². The molecule has 0 atom stereocenters. The summed E-state index contributed by atoms with van der Waals surface area (Å²) < 4.78 is 0. The van der Waals surface area contributed by atoms with Crippen molar-refractivity contribution in [3.05, 3.63) is 42.1 Å². The molecule has 0 bridgehead atoms. The molecule has 0 saturated heterocycles. The fraction of sp³-hybridized carbons (Fsp3) is 0.143. The maximum Gasteiger partial charge on any atom is 0.249 e. The second-order valence-electron chi connectivity index (χ2n) is 4.25. The van der Waals surface area contributed by atoms with Crippen molar-refractivity contribution in [2.75, 3.05) is 13.6 Å². The quantitative estimate of drug-likeness (QED) is 0.856. The van der Waals surface area contributed by atoms with Crippen LogP contribution >= 0.6 is 0 Å². The molecule has 4 nitrogen and oxygen atoms in total. The highest BCUT2D eigenvalue weighted by Gasteiger charge is 2.18. The van der Waals surface area contributed by atoms with Crippen molar-refractivity contribution in [3.63, 3.8) is 0 Å². The molecule has 1 aromatic heterocycles. The topological polar surface area (TPSA) is 48.5 Å². The van der Waals surface area contributed by atoms with Gasteiger partial charge < -0.3 is 4.98 Å². The lowest BCUT2D eigenvalue weighted by Crippen LogP contribution is -2.26. The number of carbonyl (C=O) groups excluding carboxylic acids is 1. The standard InChI is InChI=1S/C14H13N3O/c1-17-13(16-9-14(17)18)7-6-10-8-15-12-5-3-2-4-11(10)12/h2-8,15H,9H2,1H3. The van der Waals surface area contributed by atoms with Gasteiger partial charge in [0.1, 0.15) is 12.4 Å². The van der Waals surface area contributed by atoms with E-state index in [9.17, 15) is 4.79 Å². The number of nitrogens with one attached hydrogen (secondary N) is 1. The van der Waals surface area contributed by atoms with Gasteiger partial charge in [0.15, 0.2) is 0 Å². The molecule has 2 heterocycles. The van der Waals surface area contributed by atoms with Crippen LogP contribution in [0.5, 0.6) is 0 Å². The first-order valence-corrected chi connectivity index (χ1v) is 5.81. The van der Waals surface area contributed by atoms with Gasteiger partial charge in [-0.2, -0.15) is 0 Å².